The molecule has 0 saturated heterocycles. The number of hydrogen-bond donors (Lipinski definition) is 0. The van der Waals surface area contributed by atoms with E-state index in [2.05, 4.69) is 4.74 Å². The summed E-state index contributed by atoms with van der Waals surface area (Å²) in [6, 6.07) is 3.92. The van der Waals surface area contributed by atoms with Crippen molar-refractivity contribution in [1.29, 1.82) is 0 Å². The standard InChI is InChI=1S/C12H11F6NO2/c1-19(10(20)21-7-11(13,14)15)6-8-2-4-9(5-3-8)12(16,17)18/h2-5H,6-7H2,1H3. The molecule has 0 aromatic heterocycles. The topological polar surface area (TPSA) is 29.5 Å². The Kier molecular flexibility index (Phi) is 5.08. The quantitative estimate of drug-likeness (QED) is 0.793. The molecule has 0 saturated carbocycles. The Balaban J connectivity index is 2.58. The van der Waals surface area contributed by atoms with Gasteiger partial charge in [0.1, 0.15) is 0 Å². The Hall–Kier alpha value is -1.93. The third-order valence-electron chi connectivity index (χ3n) is 2.37. The second-order valence-electron chi connectivity index (χ2n) is 4.22. The molecule has 118 valence electrons. The number of alkyl halides is 6. The number of amides is 1. The van der Waals surface area contributed by atoms with Gasteiger partial charge in [-0.1, -0.05) is 12.1 Å². The number of carbonyl (C=O) groups excluding carboxylic acids is 1. The lowest BCUT2D eigenvalue weighted by atomic mass is 10.1. The zero-order valence-corrected chi connectivity index (χ0v) is 10.8. The van der Waals surface area contributed by atoms with Crippen LogP contribution < -0.4 is 0 Å². The van der Waals surface area contributed by atoms with E-state index >= 15 is 0 Å². The van der Waals surface area contributed by atoms with Gasteiger partial charge in [0.05, 0.1) is 5.56 Å². The van der Waals surface area contributed by atoms with Crippen LogP contribution in [0.25, 0.3) is 0 Å². The van der Waals surface area contributed by atoms with Gasteiger partial charge in [-0.25, -0.2) is 4.79 Å². The van der Waals surface area contributed by atoms with Crippen molar-refractivity contribution in [2.45, 2.75) is 18.9 Å². The molecule has 1 aromatic rings. The normalized spacial score (nSPS) is 12.1. The van der Waals surface area contributed by atoms with Crippen LogP contribution in [-0.2, 0) is 17.5 Å². The highest BCUT2D eigenvalue weighted by molar-refractivity contribution is 5.67. The smallest absolute Gasteiger partial charge is 0.422 e. The monoisotopic (exact) mass is 315 g/mol. The van der Waals surface area contributed by atoms with Crippen LogP contribution in [0.2, 0.25) is 0 Å². The molecular formula is C12H11F6NO2. The van der Waals surface area contributed by atoms with E-state index in [1.165, 1.54) is 7.05 Å². The van der Waals surface area contributed by atoms with Crippen LogP contribution in [0.4, 0.5) is 31.1 Å². The molecule has 0 aliphatic carbocycles. The van der Waals surface area contributed by atoms with Crippen LogP contribution >= 0.6 is 0 Å². The summed E-state index contributed by atoms with van der Waals surface area (Å²) in [5.74, 6) is 0. The molecule has 0 bridgehead atoms. The van der Waals surface area contributed by atoms with E-state index < -0.39 is 30.6 Å². The first-order valence-electron chi connectivity index (χ1n) is 5.60. The van der Waals surface area contributed by atoms with Gasteiger partial charge in [0.15, 0.2) is 6.61 Å². The Morgan fingerprint density at radius 3 is 2.05 bits per heavy atom. The van der Waals surface area contributed by atoms with E-state index in [0.29, 0.717) is 5.56 Å². The van der Waals surface area contributed by atoms with Gasteiger partial charge in [0.25, 0.3) is 0 Å². The Bertz CT molecular complexity index is 480. The minimum Gasteiger partial charge on any atom is -0.440 e. The Morgan fingerprint density at radius 2 is 1.62 bits per heavy atom. The molecule has 1 amide bonds. The van der Waals surface area contributed by atoms with Crippen LogP contribution in [0.5, 0.6) is 0 Å². The van der Waals surface area contributed by atoms with Gasteiger partial charge < -0.3 is 9.64 Å². The summed E-state index contributed by atoms with van der Waals surface area (Å²) in [7, 11) is 1.18. The number of halogens is 6. The third kappa shape index (κ3) is 5.92. The lowest BCUT2D eigenvalue weighted by Gasteiger charge is -2.18. The molecule has 0 atom stereocenters. The maximum absolute atomic E-state index is 12.3. The van der Waals surface area contributed by atoms with Gasteiger partial charge >= 0.3 is 18.4 Å². The average molecular weight is 315 g/mol. The van der Waals surface area contributed by atoms with Crippen LogP contribution in [0.15, 0.2) is 24.3 Å². The summed E-state index contributed by atoms with van der Waals surface area (Å²) >= 11 is 0. The fourth-order valence-electron chi connectivity index (χ4n) is 1.39. The van der Waals surface area contributed by atoms with Crippen molar-refractivity contribution in [2.24, 2.45) is 0 Å². The lowest BCUT2D eigenvalue weighted by Crippen LogP contribution is -2.30. The number of benzene rings is 1. The van der Waals surface area contributed by atoms with E-state index in [0.717, 1.165) is 29.2 Å². The molecule has 21 heavy (non-hydrogen) atoms. The van der Waals surface area contributed by atoms with Gasteiger partial charge in [-0.15, -0.1) is 0 Å². The maximum Gasteiger partial charge on any atom is 0.422 e. The number of ether oxygens (including phenoxy) is 1. The largest absolute Gasteiger partial charge is 0.440 e. The molecule has 0 aliphatic rings. The second-order valence-corrected chi connectivity index (χ2v) is 4.22. The van der Waals surface area contributed by atoms with Crippen molar-refractivity contribution < 1.29 is 35.9 Å². The molecule has 1 aromatic carbocycles. The third-order valence-corrected chi connectivity index (χ3v) is 2.37. The highest BCUT2D eigenvalue weighted by Crippen LogP contribution is 2.29. The zero-order chi connectivity index (χ0) is 16.3. The van der Waals surface area contributed by atoms with Crippen LogP contribution in [0.3, 0.4) is 0 Å². The Labute approximate surface area is 116 Å². The lowest BCUT2D eigenvalue weighted by molar-refractivity contribution is -0.162. The van der Waals surface area contributed by atoms with Crippen molar-refractivity contribution in [3.8, 4) is 0 Å². The molecular weight excluding hydrogens is 304 g/mol. The molecule has 9 heteroatoms. The van der Waals surface area contributed by atoms with E-state index in [9.17, 15) is 31.1 Å². The summed E-state index contributed by atoms with van der Waals surface area (Å²) in [5.41, 5.74) is -0.525. The SMILES string of the molecule is CN(Cc1ccc(C(F)(F)F)cc1)C(=O)OCC(F)(F)F. The van der Waals surface area contributed by atoms with Crippen molar-refractivity contribution in [2.75, 3.05) is 13.7 Å². The molecule has 0 aliphatic heterocycles. The van der Waals surface area contributed by atoms with Crippen molar-refractivity contribution in [1.82, 2.24) is 4.90 Å². The number of hydrogen-bond acceptors (Lipinski definition) is 2. The van der Waals surface area contributed by atoms with Crippen LogP contribution in [0.1, 0.15) is 11.1 Å². The fraction of sp³-hybridized carbons (Fsp3) is 0.417. The van der Waals surface area contributed by atoms with E-state index in [4.69, 9.17) is 0 Å². The first-order chi connectivity index (χ1) is 9.49. The molecule has 0 radical (unpaired) electrons. The average Bonchev–Trinajstić information content (AvgIpc) is 2.34. The summed E-state index contributed by atoms with van der Waals surface area (Å²) in [6.45, 7) is -1.89. The molecule has 3 nitrogen and oxygen atoms in total. The summed E-state index contributed by atoms with van der Waals surface area (Å²) in [5, 5.41) is 0. The molecule has 0 heterocycles. The van der Waals surface area contributed by atoms with Crippen molar-refractivity contribution in [3.63, 3.8) is 0 Å². The molecule has 0 N–H and O–H groups in total. The molecule has 1 rings (SSSR count). The van der Waals surface area contributed by atoms with E-state index in [-0.39, 0.29) is 6.54 Å². The highest BCUT2D eigenvalue weighted by atomic mass is 19.4. The van der Waals surface area contributed by atoms with Gasteiger partial charge in [-0.3, -0.25) is 0 Å². The van der Waals surface area contributed by atoms with Crippen LogP contribution in [-0.4, -0.2) is 30.8 Å². The van der Waals surface area contributed by atoms with Crippen LogP contribution in [0, 0.1) is 0 Å². The predicted molar refractivity (Wildman–Crippen MR) is 60.3 cm³/mol. The fourth-order valence-corrected chi connectivity index (χ4v) is 1.39. The molecule has 0 fully saturated rings. The number of rotatable bonds is 3. The van der Waals surface area contributed by atoms with Gasteiger partial charge in [0.2, 0.25) is 0 Å². The minimum atomic E-state index is -4.63. The second kappa shape index (κ2) is 6.23. The van der Waals surface area contributed by atoms with E-state index in [1.54, 1.807) is 0 Å². The summed E-state index contributed by atoms with van der Waals surface area (Å²) in [6.07, 6.45) is -10.3. The summed E-state index contributed by atoms with van der Waals surface area (Å²) in [4.78, 5) is 12.1. The first kappa shape index (κ1) is 17.1. The first-order valence-corrected chi connectivity index (χ1v) is 5.60. The van der Waals surface area contributed by atoms with E-state index in [1.807, 2.05) is 0 Å². The van der Waals surface area contributed by atoms with Gasteiger partial charge in [-0.05, 0) is 17.7 Å². The maximum atomic E-state index is 12.3. The molecule has 0 spiro atoms. The number of carbonyl (C=O) groups is 1. The van der Waals surface area contributed by atoms with Gasteiger partial charge in [-0.2, -0.15) is 26.3 Å². The Morgan fingerprint density at radius 1 is 1.10 bits per heavy atom. The summed E-state index contributed by atoms with van der Waals surface area (Å²) < 4.78 is 76.6. The minimum absolute atomic E-state index is 0.172. The number of nitrogens with zero attached hydrogens (tertiary/aromatic N) is 1. The van der Waals surface area contributed by atoms with Crippen molar-refractivity contribution in [3.05, 3.63) is 35.4 Å². The highest BCUT2D eigenvalue weighted by Gasteiger charge is 2.31. The zero-order valence-electron chi connectivity index (χ0n) is 10.8. The predicted octanol–water partition coefficient (Wildman–Crippen LogP) is 3.84. The van der Waals surface area contributed by atoms with Gasteiger partial charge in [0, 0.05) is 13.6 Å². The van der Waals surface area contributed by atoms with Crippen molar-refractivity contribution >= 4 is 6.09 Å². The molecule has 0 unspecified atom stereocenters.